The molecular formula is C14H16ClN3O3. The van der Waals surface area contributed by atoms with Crippen LogP contribution in [-0.2, 0) is 4.79 Å². The van der Waals surface area contributed by atoms with Crippen LogP contribution >= 0.6 is 11.6 Å². The number of anilines is 1. The smallest absolute Gasteiger partial charge is 0.319 e. The van der Waals surface area contributed by atoms with Gasteiger partial charge in [-0.1, -0.05) is 25.4 Å². The van der Waals surface area contributed by atoms with Crippen LogP contribution < -0.4 is 10.6 Å². The normalized spacial score (nSPS) is 11.6. The van der Waals surface area contributed by atoms with E-state index in [9.17, 15) is 9.59 Å². The molecule has 21 heavy (non-hydrogen) atoms. The number of amides is 2. The van der Waals surface area contributed by atoms with Gasteiger partial charge in [0.2, 0.25) is 0 Å². The fraction of sp³-hybridized carbons (Fsp3) is 0.357. The lowest BCUT2D eigenvalue weighted by Crippen LogP contribution is -2.37. The molecule has 2 amide bonds. The van der Waals surface area contributed by atoms with Gasteiger partial charge < -0.3 is 15.7 Å². The molecule has 7 heteroatoms. The monoisotopic (exact) mass is 309 g/mol. The average molecular weight is 310 g/mol. The third-order valence-electron chi connectivity index (χ3n) is 2.95. The Balaban J connectivity index is 2.66. The van der Waals surface area contributed by atoms with Crippen molar-refractivity contribution in [2.75, 3.05) is 11.9 Å². The van der Waals surface area contributed by atoms with E-state index in [1.54, 1.807) is 13.8 Å². The summed E-state index contributed by atoms with van der Waals surface area (Å²) in [5, 5.41) is 23.1. The number of rotatable bonds is 5. The van der Waals surface area contributed by atoms with Crippen LogP contribution in [0.15, 0.2) is 18.2 Å². The first-order chi connectivity index (χ1) is 9.85. The van der Waals surface area contributed by atoms with E-state index in [0.717, 1.165) is 0 Å². The molecular weight excluding hydrogens is 294 g/mol. The molecule has 0 aliphatic rings. The van der Waals surface area contributed by atoms with Gasteiger partial charge in [0.25, 0.3) is 0 Å². The lowest BCUT2D eigenvalue weighted by molar-refractivity contribution is -0.142. The minimum absolute atomic E-state index is 0.00833. The van der Waals surface area contributed by atoms with Crippen LogP contribution in [0.2, 0.25) is 5.02 Å². The SMILES string of the molecule is CC(C)C(CNC(=O)Nc1cc(C#N)ccc1Cl)C(=O)O. The van der Waals surface area contributed by atoms with E-state index in [1.807, 2.05) is 6.07 Å². The van der Waals surface area contributed by atoms with Crippen LogP contribution in [0.1, 0.15) is 19.4 Å². The number of nitriles is 1. The fourth-order valence-electron chi connectivity index (χ4n) is 1.67. The van der Waals surface area contributed by atoms with Crippen LogP contribution in [0.5, 0.6) is 0 Å². The molecule has 1 aromatic carbocycles. The molecule has 0 aliphatic carbocycles. The van der Waals surface area contributed by atoms with Crippen LogP contribution in [0.25, 0.3) is 0 Å². The molecule has 112 valence electrons. The van der Waals surface area contributed by atoms with Gasteiger partial charge in [0.05, 0.1) is 28.3 Å². The van der Waals surface area contributed by atoms with Gasteiger partial charge in [0.1, 0.15) is 0 Å². The average Bonchev–Trinajstić information content (AvgIpc) is 2.40. The van der Waals surface area contributed by atoms with E-state index < -0.39 is 17.9 Å². The third-order valence-corrected chi connectivity index (χ3v) is 3.28. The maximum atomic E-state index is 11.8. The Labute approximate surface area is 127 Å². The van der Waals surface area contributed by atoms with Gasteiger partial charge in [-0.25, -0.2) is 4.79 Å². The number of hydrogen-bond donors (Lipinski definition) is 3. The summed E-state index contributed by atoms with van der Waals surface area (Å²) in [6.07, 6.45) is 0. The second-order valence-corrected chi connectivity index (χ2v) is 5.24. The van der Waals surface area contributed by atoms with E-state index >= 15 is 0 Å². The van der Waals surface area contributed by atoms with Gasteiger partial charge in [-0.05, 0) is 24.1 Å². The molecule has 1 atom stereocenters. The van der Waals surface area contributed by atoms with Crippen molar-refractivity contribution in [2.45, 2.75) is 13.8 Å². The molecule has 1 unspecified atom stereocenters. The van der Waals surface area contributed by atoms with Gasteiger partial charge in [0, 0.05) is 6.54 Å². The molecule has 0 bridgehead atoms. The van der Waals surface area contributed by atoms with Gasteiger partial charge in [-0.3, -0.25) is 4.79 Å². The second-order valence-electron chi connectivity index (χ2n) is 4.83. The van der Waals surface area contributed by atoms with Crippen molar-refractivity contribution in [3.8, 4) is 6.07 Å². The summed E-state index contributed by atoms with van der Waals surface area (Å²) in [5.41, 5.74) is 0.657. The number of carbonyl (C=O) groups excluding carboxylic acids is 1. The first-order valence-corrected chi connectivity index (χ1v) is 6.70. The topological polar surface area (TPSA) is 102 Å². The number of carbonyl (C=O) groups is 2. The Morgan fingerprint density at radius 3 is 2.62 bits per heavy atom. The first kappa shape index (κ1) is 16.8. The number of nitrogens with one attached hydrogen (secondary N) is 2. The molecule has 0 spiro atoms. The van der Waals surface area contributed by atoms with Crippen molar-refractivity contribution >= 4 is 29.3 Å². The highest BCUT2D eigenvalue weighted by molar-refractivity contribution is 6.33. The summed E-state index contributed by atoms with van der Waals surface area (Å²) in [6, 6.07) is 5.85. The molecule has 0 saturated carbocycles. The highest BCUT2D eigenvalue weighted by Gasteiger charge is 2.22. The third kappa shape index (κ3) is 4.97. The fourth-order valence-corrected chi connectivity index (χ4v) is 1.83. The Morgan fingerprint density at radius 2 is 2.10 bits per heavy atom. The summed E-state index contributed by atoms with van der Waals surface area (Å²) in [4.78, 5) is 22.8. The Hall–Kier alpha value is -2.26. The van der Waals surface area contributed by atoms with Crippen molar-refractivity contribution in [3.63, 3.8) is 0 Å². The minimum Gasteiger partial charge on any atom is -0.481 e. The zero-order chi connectivity index (χ0) is 16.0. The van der Waals surface area contributed by atoms with Crippen LogP contribution in [-0.4, -0.2) is 23.7 Å². The first-order valence-electron chi connectivity index (χ1n) is 6.32. The van der Waals surface area contributed by atoms with E-state index in [-0.39, 0.29) is 12.5 Å². The maximum absolute atomic E-state index is 11.8. The van der Waals surface area contributed by atoms with Crippen molar-refractivity contribution in [1.82, 2.24) is 5.32 Å². The molecule has 0 aliphatic heterocycles. The Morgan fingerprint density at radius 1 is 1.43 bits per heavy atom. The minimum atomic E-state index is -0.963. The summed E-state index contributed by atoms with van der Waals surface area (Å²) in [5.74, 6) is -1.74. The summed E-state index contributed by atoms with van der Waals surface area (Å²) < 4.78 is 0. The molecule has 3 N–H and O–H groups in total. The predicted molar refractivity (Wildman–Crippen MR) is 79.2 cm³/mol. The number of urea groups is 1. The Bertz CT molecular complexity index is 581. The standard InChI is InChI=1S/C14H16ClN3O3/c1-8(2)10(13(19)20)7-17-14(21)18-12-5-9(6-16)3-4-11(12)15/h3-5,8,10H,7H2,1-2H3,(H,19,20)(H2,17,18,21). The molecule has 0 aromatic heterocycles. The van der Waals surface area contributed by atoms with Gasteiger partial charge in [-0.15, -0.1) is 0 Å². The van der Waals surface area contributed by atoms with Crippen molar-refractivity contribution in [3.05, 3.63) is 28.8 Å². The zero-order valence-electron chi connectivity index (χ0n) is 11.7. The number of carboxylic acids is 1. The molecule has 0 fully saturated rings. The number of carboxylic acid groups (broad SMARTS) is 1. The van der Waals surface area contributed by atoms with Gasteiger partial charge >= 0.3 is 12.0 Å². The van der Waals surface area contributed by atoms with Gasteiger partial charge in [0.15, 0.2) is 0 Å². The number of hydrogen-bond acceptors (Lipinski definition) is 3. The van der Waals surface area contributed by atoms with E-state index in [0.29, 0.717) is 16.3 Å². The summed E-state index contributed by atoms with van der Waals surface area (Å²) in [7, 11) is 0. The quantitative estimate of drug-likeness (QED) is 0.778. The summed E-state index contributed by atoms with van der Waals surface area (Å²) >= 11 is 5.91. The molecule has 1 rings (SSSR count). The van der Waals surface area contributed by atoms with Crippen molar-refractivity contribution < 1.29 is 14.7 Å². The molecule has 1 aromatic rings. The van der Waals surface area contributed by atoms with E-state index in [2.05, 4.69) is 10.6 Å². The van der Waals surface area contributed by atoms with Crippen LogP contribution in [0, 0.1) is 23.2 Å². The molecule has 0 saturated heterocycles. The number of halogens is 1. The molecule has 0 radical (unpaired) electrons. The molecule has 0 heterocycles. The molecule has 6 nitrogen and oxygen atoms in total. The van der Waals surface area contributed by atoms with Crippen LogP contribution in [0.4, 0.5) is 10.5 Å². The van der Waals surface area contributed by atoms with Gasteiger partial charge in [-0.2, -0.15) is 5.26 Å². The number of nitrogens with zero attached hydrogens (tertiary/aromatic N) is 1. The highest BCUT2D eigenvalue weighted by Crippen LogP contribution is 2.22. The Kier molecular flexibility index (Phi) is 6.00. The van der Waals surface area contributed by atoms with Crippen LogP contribution in [0.3, 0.4) is 0 Å². The van der Waals surface area contributed by atoms with Crippen molar-refractivity contribution in [2.24, 2.45) is 11.8 Å². The van der Waals surface area contributed by atoms with E-state index in [4.69, 9.17) is 22.0 Å². The summed E-state index contributed by atoms with van der Waals surface area (Å²) in [6.45, 7) is 3.55. The lowest BCUT2D eigenvalue weighted by atomic mass is 9.96. The second kappa shape index (κ2) is 7.50. The lowest BCUT2D eigenvalue weighted by Gasteiger charge is -2.17. The zero-order valence-corrected chi connectivity index (χ0v) is 12.4. The van der Waals surface area contributed by atoms with Crippen molar-refractivity contribution in [1.29, 1.82) is 5.26 Å². The predicted octanol–water partition coefficient (Wildman–Crippen LogP) is 2.69. The number of aliphatic carboxylic acids is 1. The largest absolute Gasteiger partial charge is 0.481 e. The maximum Gasteiger partial charge on any atom is 0.319 e. The highest BCUT2D eigenvalue weighted by atomic mass is 35.5. The van der Waals surface area contributed by atoms with E-state index in [1.165, 1.54) is 18.2 Å². The number of benzene rings is 1.